The predicted octanol–water partition coefficient (Wildman–Crippen LogP) is -1.60. The third-order valence-corrected chi connectivity index (χ3v) is 3.48. The van der Waals surface area contributed by atoms with Crippen LogP contribution in [0.25, 0.3) is 11.2 Å². The Balaban J connectivity index is 2.08. The number of hydrogen-bond donors (Lipinski definition) is 3. The fourth-order valence-electron chi connectivity index (χ4n) is 2.30. The Morgan fingerprint density at radius 3 is 3.00 bits per heavy atom. The van der Waals surface area contributed by atoms with Gasteiger partial charge in [0, 0.05) is 6.42 Å². The van der Waals surface area contributed by atoms with Gasteiger partial charge in [-0.1, -0.05) is 4.73 Å². The summed E-state index contributed by atoms with van der Waals surface area (Å²) in [5.74, 6) is -0.249. The lowest BCUT2D eigenvalue weighted by Gasteiger charge is -2.13. The average molecular weight is 318 g/mol. The number of aromatic nitrogens is 4. The van der Waals surface area contributed by atoms with Gasteiger partial charge in [0.2, 0.25) is 5.95 Å². The summed E-state index contributed by atoms with van der Waals surface area (Å²) in [6.45, 7) is -0.313. The summed E-state index contributed by atoms with van der Waals surface area (Å²) in [6.07, 6.45) is -0.555. The van der Waals surface area contributed by atoms with Crippen LogP contribution in [-0.2, 0) is 4.74 Å². The van der Waals surface area contributed by atoms with Crippen LogP contribution in [0.5, 0.6) is 0 Å². The lowest BCUT2D eigenvalue weighted by atomic mass is 10.2. The summed E-state index contributed by atoms with van der Waals surface area (Å²) in [5, 5.41) is 18.8. The number of anilines is 1. The molecule has 3 heterocycles. The molecule has 1 aliphatic rings. The Labute approximate surface area is 122 Å². The van der Waals surface area contributed by atoms with Gasteiger partial charge in [-0.25, -0.2) is 4.98 Å². The number of rotatable bonds is 3. The van der Waals surface area contributed by atoms with E-state index in [1.54, 1.807) is 0 Å². The number of ether oxygens (including phenoxy) is 1. The average Bonchev–Trinajstić information content (AvgIpc) is 3.02. The second-order valence-electron chi connectivity index (χ2n) is 4.58. The highest BCUT2D eigenvalue weighted by molar-refractivity contribution is 6.07. The molecule has 1 unspecified atom stereocenters. The number of halogens is 1. The third kappa shape index (κ3) is 2.12. The van der Waals surface area contributed by atoms with Crippen molar-refractivity contribution in [3.63, 3.8) is 0 Å². The molecule has 0 spiro atoms. The lowest BCUT2D eigenvalue weighted by Crippen LogP contribution is -2.27. The van der Waals surface area contributed by atoms with E-state index >= 15 is 0 Å². The molecule has 11 heteroatoms. The predicted molar refractivity (Wildman–Crippen MR) is 70.3 cm³/mol. The summed E-state index contributed by atoms with van der Waals surface area (Å²) >= 11 is 5.15. The fraction of sp³-hybridized carbons (Fsp3) is 0.500. The van der Waals surface area contributed by atoms with Gasteiger partial charge in [0.25, 0.3) is 0 Å². The van der Waals surface area contributed by atoms with Crippen molar-refractivity contribution in [1.82, 2.24) is 19.3 Å². The molecular weight excluding hydrogens is 306 g/mol. The van der Waals surface area contributed by atoms with Crippen LogP contribution in [0.3, 0.4) is 0 Å². The van der Waals surface area contributed by atoms with Crippen LogP contribution in [0.2, 0.25) is 0 Å². The zero-order valence-electron chi connectivity index (χ0n) is 10.6. The Bertz CT molecular complexity index is 730. The van der Waals surface area contributed by atoms with Crippen molar-refractivity contribution in [2.45, 2.75) is 24.9 Å². The van der Waals surface area contributed by atoms with Crippen LogP contribution in [0.15, 0.2) is 11.1 Å². The van der Waals surface area contributed by atoms with Gasteiger partial charge in [0.1, 0.15) is 12.3 Å². The van der Waals surface area contributed by atoms with Crippen LogP contribution < -0.4 is 15.7 Å². The van der Waals surface area contributed by atoms with Crippen LogP contribution in [0, 0.1) is 0 Å². The molecule has 0 radical (unpaired) electrons. The highest BCUT2D eigenvalue weighted by Crippen LogP contribution is 2.30. The van der Waals surface area contributed by atoms with Gasteiger partial charge in [-0.05, 0) is 0 Å². The first-order valence-corrected chi connectivity index (χ1v) is 6.36. The molecule has 21 heavy (non-hydrogen) atoms. The quantitative estimate of drug-likeness (QED) is 0.615. The molecule has 3 rings (SSSR count). The summed E-state index contributed by atoms with van der Waals surface area (Å²) in [6, 6.07) is 0. The minimum atomic E-state index is -0.818. The summed E-state index contributed by atoms with van der Waals surface area (Å²) in [4.78, 5) is 20.0. The van der Waals surface area contributed by atoms with Crippen LogP contribution in [0.4, 0.5) is 5.95 Å². The van der Waals surface area contributed by atoms with Crippen molar-refractivity contribution in [1.29, 1.82) is 0 Å². The first-order valence-electron chi connectivity index (χ1n) is 6.05. The summed E-state index contributed by atoms with van der Waals surface area (Å²) in [5.41, 5.74) is 5.09. The monoisotopic (exact) mass is 317 g/mol. The van der Waals surface area contributed by atoms with E-state index in [9.17, 15) is 9.90 Å². The maximum absolute atomic E-state index is 12.0. The van der Waals surface area contributed by atoms with Gasteiger partial charge in [0.15, 0.2) is 23.0 Å². The molecule has 1 aliphatic heterocycles. The van der Waals surface area contributed by atoms with Gasteiger partial charge in [-0.3, -0.25) is 13.8 Å². The number of imidazole rings is 1. The van der Waals surface area contributed by atoms with E-state index in [1.165, 1.54) is 10.9 Å². The number of aliphatic hydroxyl groups excluding tert-OH is 2. The zero-order valence-corrected chi connectivity index (χ0v) is 11.3. The van der Waals surface area contributed by atoms with Crippen LogP contribution in [-0.4, -0.2) is 48.3 Å². The second-order valence-corrected chi connectivity index (χ2v) is 4.72. The lowest BCUT2D eigenvalue weighted by molar-refractivity contribution is -0.0432. The van der Waals surface area contributed by atoms with Gasteiger partial charge >= 0.3 is 5.56 Å². The van der Waals surface area contributed by atoms with Gasteiger partial charge in [-0.2, -0.15) is 4.98 Å². The SMILES string of the molecule is Nc1nc2c(ncn2[C@H]2CC(O)[C@@H](CO)O2)c(=O)n1OCl. The molecule has 4 N–H and O–H groups in total. The molecule has 0 aliphatic carbocycles. The van der Waals surface area contributed by atoms with Crippen molar-refractivity contribution in [2.75, 3.05) is 12.3 Å². The molecule has 1 fully saturated rings. The molecule has 114 valence electrons. The standard InChI is InChI=1S/C10H12ClN5O5/c11-21-16-9(19)7-8(14-10(16)12)15(3-13-7)6-1-4(18)5(2-17)20-6/h3-6,17-18H,1-2H2,(H2,12,14)/t4?,5-,6-/m1/s1. The first-order chi connectivity index (χ1) is 10.1. The molecule has 2 aromatic rings. The minimum Gasteiger partial charge on any atom is -0.394 e. The maximum atomic E-state index is 12.0. The first kappa shape index (κ1) is 14.1. The third-order valence-electron chi connectivity index (χ3n) is 3.35. The molecule has 0 saturated carbocycles. The molecule has 3 atom stereocenters. The van der Waals surface area contributed by atoms with E-state index in [4.69, 9.17) is 27.4 Å². The fourth-order valence-corrected chi connectivity index (χ4v) is 2.43. The number of aliphatic hydroxyl groups is 2. The zero-order chi connectivity index (χ0) is 15.1. The minimum absolute atomic E-state index is 0.00427. The van der Waals surface area contributed by atoms with E-state index in [0.29, 0.717) is 4.73 Å². The van der Waals surface area contributed by atoms with Crippen molar-refractivity contribution < 1.29 is 19.3 Å². The largest absolute Gasteiger partial charge is 0.394 e. The molecule has 1 saturated heterocycles. The number of hydrogen-bond acceptors (Lipinski definition) is 8. The molecule has 0 bridgehead atoms. The van der Waals surface area contributed by atoms with Gasteiger partial charge in [-0.15, -0.1) is 0 Å². The molecule has 2 aromatic heterocycles. The number of nitrogens with two attached hydrogens (primary N) is 1. The topological polar surface area (TPSA) is 138 Å². The van der Waals surface area contributed by atoms with Gasteiger partial charge < -0.3 is 20.7 Å². The molecule has 0 aromatic carbocycles. The molecule has 0 amide bonds. The van der Waals surface area contributed by atoms with Crippen molar-refractivity contribution in [3.8, 4) is 0 Å². The Morgan fingerprint density at radius 2 is 2.38 bits per heavy atom. The van der Waals surface area contributed by atoms with Crippen LogP contribution >= 0.6 is 11.9 Å². The van der Waals surface area contributed by atoms with Crippen LogP contribution in [0.1, 0.15) is 12.6 Å². The molecule has 10 nitrogen and oxygen atoms in total. The number of nitrogens with zero attached hydrogens (tertiary/aromatic N) is 4. The van der Waals surface area contributed by atoms with Gasteiger partial charge in [0.05, 0.1) is 19.0 Å². The van der Waals surface area contributed by atoms with Crippen molar-refractivity contribution in [3.05, 3.63) is 16.7 Å². The normalized spacial score (nSPS) is 25.6. The van der Waals surface area contributed by atoms with E-state index in [-0.39, 0.29) is 30.1 Å². The van der Waals surface area contributed by atoms with E-state index in [2.05, 4.69) is 14.4 Å². The number of nitrogen functional groups attached to an aromatic ring is 1. The Hall–Kier alpha value is -1.88. The Kier molecular flexibility index (Phi) is 3.45. The summed E-state index contributed by atoms with van der Waals surface area (Å²) in [7, 11) is 0. The number of fused-ring (bicyclic) bond motifs is 1. The maximum Gasteiger partial charge on any atom is 0.317 e. The highest BCUT2D eigenvalue weighted by atomic mass is 35.5. The Morgan fingerprint density at radius 1 is 1.62 bits per heavy atom. The molecular formula is C10H12ClN5O5. The highest BCUT2D eigenvalue weighted by Gasteiger charge is 2.35. The van der Waals surface area contributed by atoms with E-state index < -0.39 is 24.0 Å². The smallest absolute Gasteiger partial charge is 0.317 e. The second kappa shape index (κ2) is 5.15. The van der Waals surface area contributed by atoms with Crippen molar-refractivity contribution >= 4 is 29.0 Å². The van der Waals surface area contributed by atoms with E-state index in [0.717, 1.165) is 0 Å². The van der Waals surface area contributed by atoms with Crippen molar-refractivity contribution in [2.24, 2.45) is 0 Å². The summed E-state index contributed by atoms with van der Waals surface area (Å²) < 4.78 is 11.9. The van der Waals surface area contributed by atoms with E-state index in [1.807, 2.05) is 0 Å².